The number of hydrogen-bond donors (Lipinski definition) is 1. The monoisotopic (exact) mass is 262 g/mol. The van der Waals surface area contributed by atoms with Gasteiger partial charge in [0.25, 0.3) is 0 Å². The highest BCUT2D eigenvalue weighted by atomic mass is 16.5. The molecule has 0 aromatic heterocycles. The van der Waals surface area contributed by atoms with Crippen molar-refractivity contribution in [2.75, 3.05) is 33.3 Å². The Bertz CT molecular complexity index is 364. The van der Waals surface area contributed by atoms with Gasteiger partial charge in [-0.3, -0.25) is 4.90 Å². The van der Waals surface area contributed by atoms with E-state index >= 15 is 0 Å². The summed E-state index contributed by atoms with van der Waals surface area (Å²) in [5, 5.41) is 3.19. The minimum Gasteiger partial charge on any atom is -0.377 e. The Labute approximate surface area is 116 Å². The van der Waals surface area contributed by atoms with Gasteiger partial charge in [-0.05, 0) is 44.5 Å². The Hall–Kier alpha value is -0.900. The fourth-order valence-electron chi connectivity index (χ4n) is 2.56. The highest BCUT2D eigenvalue weighted by molar-refractivity contribution is 5.22. The second kappa shape index (κ2) is 7.63. The van der Waals surface area contributed by atoms with Crippen molar-refractivity contribution < 1.29 is 4.74 Å². The third-order valence-electron chi connectivity index (χ3n) is 3.63. The molecule has 1 aromatic carbocycles. The zero-order valence-electron chi connectivity index (χ0n) is 12.2. The van der Waals surface area contributed by atoms with Gasteiger partial charge >= 0.3 is 0 Å². The Morgan fingerprint density at radius 1 is 1.26 bits per heavy atom. The molecule has 0 bridgehead atoms. The zero-order chi connectivity index (χ0) is 13.5. The molecule has 2 rings (SSSR count). The molecule has 0 radical (unpaired) electrons. The summed E-state index contributed by atoms with van der Waals surface area (Å²) >= 11 is 0. The van der Waals surface area contributed by atoms with Crippen LogP contribution < -0.4 is 5.32 Å². The summed E-state index contributed by atoms with van der Waals surface area (Å²) in [6.07, 6.45) is 2.60. The zero-order valence-corrected chi connectivity index (χ0v) is 12.2. The first-order valence-electron chi connectivity index (χ1n) is 7.34. The lowest BCUT2D eigenvalue weighted by Gasteiger charge is -2.21. The summed E-state index contributed by atoms with van der Waals surface area (Å²) in [5.74, 6) is 0. The molecular formula is C16H26N2O. The van der Waals surface area contributed by atoms with Crippen LogP contribution in [0.5, 0.6) is 0 Å². The topological polar surface area (TPSA) is 24.5 Å². The second-order valence-electron chi connectivity index (χ2n) is 5.44. The lowest BCUT2D eigenvalue weighted by atomic mass is 10.1. The van der Waals surface area contributed by atoms with Crippen LogP contribution in [-0.2, 0) is 17.7 Å². The summed E-state index contributed by atoms with van der Waals surface area (Å²) in [6.45, 7) is 7.34. The molecule has 3 heteroatoms. The molecule has 0 saturated carbocycles. The molecule has 1 N–H and O–H groups in total. The van der Waals surface area contributed by atoms with Gasteiger partial charge in [0.15, 0.2) is 0 Å². The molecule has 1 unspecified atom stereocenters. The average Bonchev–Trinajstić information content (AvgIpc) is 2.62. The first-order valence-corrected chi connectivity index (χ1v) is 7.34. The highest BCUT2D eigenvalue weighted by Crippen LogP contribution is 2.12. The molecule has 1 atom stereocenters. The van der Waals surface area contributed by atoms with Crippen LogP contribution in [0.25, 0.3) is 0 Å². The van der Waals surface area contributed by atoms with Crippen molar-refractivity contribution in [3.63, 3.8) is 0 Å². The van der Waals surface area contributed by atoms with Gasteiger partial charge in [-0.25, -0.2) is 0 Å². The number of nitrogens with one attached hydrogen (secondary N) is 1. The van der Waals surface area contributed by atoms with Gasteiger partial charge in [0, 0.05) is 26.2 Å². The van der Waals surface area contributed by atoms with Crippen LogP contribution in [0.4, 0.5) is 0 Å². The van der Waals surface area contributed by atoms with Crippen molar-refractivity contribution in [2.24, 2.45) is 0 Å². The van der Waals surface area contributed by atoms with Gasteiger partial charge in [-0.15, -0.1) is 0 Å². The third-order valence-corrected chi connectivity index (χ3v) is 3.63. The Morgan fingerprint density at radius 2 is 2.00 bits per heavy atom. The molecule has 106 valence electrons. The first-order chi connectivity index (χ1) is 9.28. The van der Waals surface area contributed by atoms with E-state index in [1.54, 1.807) is 0 Å². The highest BCUT2D eigenvalue weighted by Gasteiger charge is 2.14. The summed E-state index contributed by atoms with van der Waals surface area (Å²) < 4.78 is 5.69. The van der Waals surface area contributed by atoms with Crippen LogP contribution in [0.2, 0.25) is 0 Å². The van der Waals surface area contributed by atoms with Crippen LogP contribution in [0.15, 0.2) is 24.3 Å². The van der Waals surface area contributed by atoms with Gasteiger partial charge in [-0.2, -0.15) is 0 Å². The predicted molar refractivity (Wildman–Crippen MR) is 79.4 cm³/mol. The van der Waals surface area contributed by atoms with Crippen molar-refractivity contribution in [1.29, 1.82) is 0 Å². The maximum atomic E-state index is 5.69. The number of ether oxygens (including phenoxy) is 1. The quantitative estimate of drug-likeness (QED) is 0.879. The summed E-state index contributed by atoms with van der Waals surface area (Å²) in [6, 6.07) is 9.04. The molecule has 0 spiro atoms. The number of rotatable bonds is 5. The number of benzene rings is 1. The summed E-state index contributed by atoms with van der Waals surface area (Å²) in [4.78, 5) is 2.50. The maximum Gasteiger partial charge on any atom is 0.0674 e. The largest absolute Gasteiger partial charge is 0.377 e. The SMILES string of the molecule is CNCCc1ccc(CN2CCCOC(C)C2)cc1. The molecule has 3 nitrogen and oxygen atoms in total. The summed E-state index contributed by atoms with van der Waals surface area (Å²) in [5.41, 5.74) is 2.81. The van der Waals surface area contributed by atoms with E-state index in [9.17, 15) is 0 Å². The average molecular weight is 262 g/mol. The smallest absolute Gasteiger partial charge is 0.0674 e. The van der Waals surface area contributed by atoms with Gasteiger partial charge in [0.05, 0.1) is 6.10 Å². The van der Waals surface area contributed by atoms with Crippen LogP contribution in [0, 0.1) is 0 Å². The van der Waals surface area contributed by atoms with E-state index in [0.717, 1.165) is 45.6 Å². The number of hydrogen-bond acceptors (Lipinski definition) is 3. The van der Waals surface area contributed by atoms with E-state index in [0.29, 0.717) is 6.10 Å². The van der Waals surface area contributed by atoms with Gasteiger partial charge in [-0.1, -0.05) is 24.3 Å². The van der Waals surface area contributed by atoms with Gasteiger partial charge in [0.2, 0.25) is 0 Å². The van der Waals surface area contributed by atoms with E-state index in [1.807, 2.05) is 7.05 Å². The van der Waals surface area contributed by atoms with Crippen molar-refractivity contribution in [2.45, 2.75) is 32.4 Å². The first kappa shape index (κ1) is 14.5. The van der Waals surface area contributed by atoms with Crippen LogP contribution >= 0.6 is 0 Å². The standard InChI is InChI=1S/C16H26N2O/c1-14-12-18(10-3-11-19-14)13-16-6-4-15(5-7-16)8-9-17-2/h4-7,14,17H,3,8-13H2,1-2H3. The van der Waals surface area contributed by atoms with E-state index in [1.165, 1.54) is 11.1 Å². The predicted octanol–water partition coefficient (Wildman–Crippen LogP) is 2.06. The molecule has 1 aromatic rings. The molecule has 1 saturated heterocycles. The van der Waals surface area contributed by atoms with Crippen molar-refractivity contribution >= 4 is 0 Å². The Morgan fingerprint density at radius 3 is 2.74 bits per heavy atom. The molecule has 0 amide bonds. The van der Waals surface area contributed by atoms with Gasteiger partial charge in [0.1, 0.15) is 0 Å². The van der Waals surface area contributed by atoms with Crippen LogP contribution in [0.3, 0.4) is 0 Å². The molecule has 19 heavy (non-hydrogen) atoms. The van der Waals surface area contributed by atoms with E-state index < -0.39 is 0 Å². The van der Waals surface area contributed by atoms with Crippen molar-refractivity contribution in [3.05, 3.63) is 35.4 Å². The molecule has 1 aliphatic heterocycles. The van der Waals surface area contributed by atoms with E-state index in [4.69, 9.17) is 4.74 Å². The normalized spacial score (nSPS) is 21.3. The van der Waals surface area contributed by atoms with Crippen molar-refractivity contribution in [3.8, 4) is 0 Å². The third kappa shape index (κ3) is 4.94. The van der Waals surface area contributed by atoms with Crippen molar-refractivity contribution in [1.82, 2.24) is 10.2 Å². The minimum absolute atomic E-state index is 0.359. The molecule has 1 aliphatic rings. The maximum absolute atomic E-state index is 5.69. The fraction of sp³-hybridized carbons (Fsp3) is 0.625. The lowest BCUT2D eigenvalue weighted by Crippen LogP contribution is -2.29. The van der Waals surface area contributed by atoms with E-state index in [-0.39, 0.29) is 0 Å². The Kier molecular flexibility index (Phi) is 5.83. The summed E-state index contributed by atoms with van der Waals surface area (Å²) in [7, 11) is 2.00. The van der Waals surface area contributed by atoms with Crippen LogP contribution in [-0.4, -0.2) is 44.3 Å². The molecule has 1 fully saturated rings. The molecule has 0 aliphatic carbocycles. The number of nitrogens with zero attached hydrogens (tertiary/aromatic N) is 1. The Balaban J connectivity index is 1.87. The van der Waals surface area contributed by atoms with Gasteiger partial charge < -0.3 is 10.1 Å². The van der Waals surface area contributed by atoms with E-state index in [2.05, 4.69) is 41.4 Å². The fourth-order valence-corrected chi connectivity index (χ4v) is 2.56. The molecule has 1 heterocycles. The second-order valence-corrected chi connectivity index (χ2v) is 5.44. The lowest BCUT2D eigenvalue weighted by molar-refractivity contribution is 0.0668. The molecular weight excluding hydrogens is 236 g/mol. The number of likely N-dealkylation sites (N-methyl/N-ethyl adjacent to an activating group) is 1. The minimum atomic E-state index is 0.359. The van der Waals surface area contributed by atoms with Crippen LogP contribution in [0.1, 0.15) is 24.5 Å².